The van der Waals surface area contributed by atoms with Gasteiger partial charge in [0.05, 0.1) is 17.5 Å². The minimum Gasteiger partial charge on any atom is -0.344 e. The van der Waals surface area contributed by atoms with Crippen molar-refractivity contribution < 1.29 is 4.79 Å². The monoisotopic (exact) mass is 401 g/mol. The van der Waals surface area contributed by atoms with E-state index in [1.54, 1.807) is 4.68 Å². The molecule has 0 aliphatic rings. The molecule has 1 aromatic heterocycles. The summed E-state index contributed by atoms with van der Waals surface area (Å²) in [6, 6.07) is 29.3. The first-order valence-corrected chi connectivity index (χ1v) is 10.2. The molecule has 0 unspecified atom stereocenters. The van der Waals surface area contributed by atoms with E-state index in [1.807, 2.05) is 91.0 Å². The van der Waals surface area contributed by atoms with E-state index in [1.165, 1.54) is 11.8 Å². The summed E-state index contributed by atoms with van der Waals surface area (Å²) in [5.41, 5.74) is 2.92. The first-order valence-electron chi connectivity index (χ1n) is 9.17. The lowest BCUT2D eigenvalue weighted by atomic mass is 9.99. The van der Waals surface area contributed by atoms with E-state index in [0.29, 0.717) is 5.16 Å². The Labute approximate surface area is 173 Å². The van der Waals surface area contributed by atoms with Gasteiger partial charge in [0, 0.05) is 0 Å². The lowest BCUT2D eigenvalue weighted by Crippen LogP contribution is -2.30. The number of rotatable bonds is 7. The zero-order valence-corrected chi connectivity index (χ0v) is 16.4. The molecule has 0 fully saturated rings. The molecule has 0 radical (unpaired) electrons. The summed E-state index contributed by atoms with van der Waals surface area (Å²) in [5, 5.41) is 15.5. The molecule has 0 spiro atoms. The molecule has 1 heterocycles. The summed E-state index contributed by atoms with van der Waals surface area (Å²) >= 11 is 1.30. The molecule has 0 aliphatic carbocycles. The van der Waals surface area contributed by atoms with Crippen molar-refractivity contribution in [3.63, 3.8) is 0 Å². The van der Waals surface area contributed by atoms with Crippen molar-refractivity contribution in [3.8, 4) is 5.69 Å². The highest BCUT2D eigenvalue weighted by atomic mass is 32.2. The highest BCUT2D eigenvalue weighted by molar-refractivity contribution is 7.99. The van der Waals surface area contributed by atoms with Gasteiger partial charge < -0.3 is 5.32 Å². The van der Waals surface area contributed by atoms with Crippen LogP contribution in [0.2, 0.25) is 0 Å². The van der Waals surface area contributed by atoms with Gasteiger partial charge in [-0.15, -0.1) is 5.10 Å². The van der Waals surface area contributed by atoms with Gasteiger partial charge >= 0.3 is 0 Å². The maximum atomic E-state index is 12.7. The standard InChI is InChI=1S/C22H19N5OS/c28-20(16-29-22-24-25-26-27(22)19-14-8-3-9-15-19)23-21(17-10-4-1-5-11-17)18-12-6-2-7-13-18/h1-15,21H,16H2,(H,23,28). The Morgan fingerprint density at radius 3 is 2.00 bits per heavy atom. The van der Waals surface area contributed by atoms with Crippen LogP contribution in [0.15, 0.2) is 96.2 Å². The third-order valence-corrected chi connectivity index (χ3v) is 5.26. The Morgan fingerprint density at radius 2 is 1.41 bits per heavy atom. The van der Waals surface area contributed by atoms with E-state index in [2.05, 4.69) is 20.8 Å². The number of aromatic nitrogens is 4. The molecule has 4 rings (SSSR count). The fraction of sp³-hybridized carbons (Fsp3) is 0.0909. The molecule has 0 saturated heterocycles. The lowest BCUT2D eigenvalue weighted by Gasteiger charge is -2.19. The second kappa shape index (κ2) is 9.16. The van der Waals surface area contributed by atoms with Crippen molar-refractivity contribution in [2.45, 2.75) is 11.2 Å². The van der Waals surface area contributed by atoms with Crippen LogP contribution >= 0.6 is 11.8 Å². The smallest absolute Gasteiger partial charge is 0.231 e. The molecule has 0 saturated carbocycles. The number of thioether (sulfide) groups is 1. The van der Waals surface area contributed by atoms with Crippen molar-refractivity contribution in [2.75, 3.05) is 5.75 Å². The van der Waals surface area contributed by atoms with Gasteiger partial charge in [-0.25, -0.2) is 0 Å². The number of benzene rings is 3. The maximum absolute atomic E-state index is 12.7. The Bertz CT molecular complexity index is 1010. The second-order valence-electron chi connectivity index (χ2n) is 6.32. The van der Waals surface area contributed by atoms with Crippen LogP contribution in [0.25, 0.3) is 5.69 Å². The Morgan fingerprint density at radius 1 is 0.862 bits per heavy atom. The quantitative estimate of drug-likeness (QED) is 0.479. The molecule has 6 nitrogen and oxygen atoms in total. The molecule has 29 heavy (non-hydrogen) atoms. The average molecular weight is 401 g/mol. The molecule has 4 aromatic rings. The Kier molecular flexibility index (Phi) is 5.97. The number of para-hydroxylation sites is 1. The number of carbonyl (C=O) groups is 1. The number of nitrogens with one attached hydrogen (secondary N) is 1. The molecule has 7 heteroatoms. The summed E-state index contributed by atoms with van der Waals surface area (Å²) < 4.78 is 1.63. The zero-order chi connectivity index (χ0) is 19.9. The Balaban J connectivity index is 1.47. The van der Waals surface area contributed by atoms with Crippen molar-refractivity contribution >= 4 is 17.7 Å². The predicted molar refractivity (Wildman–Crippen MR) is 113 cm³/mol. The van der Waals surface area contributed by atoms with Crippen LogP contribution in [0.1, 0.15) is 17.2 Å². The number of hydrogen-bond acceptors (Lipinski definition) is 5. The normalized spacial score (nSPS) is 10.8. The van der Waals surface area contributed by atoms with E-state index < -0.39 is 0 Å². The highest BCUT2D eigenvalue weighted by Gasteiger charge is 2.18. The number of nitrogens with zero attached hydrogens (tertiary/aromatic N) is 4. The third-order valence-electron chi connectivity index (χ3n) is 4.35. The van der Waals surface area contributed by atoms with Gasteiger partial charge in [0.1, 0.15) is 0 Å². The fourth-order valence-corrected chi connectivity index (χ4v) is 3.68. The number of amides is 1. The van der Waals surface area contributed by atoms with E-state index in [4.69, 9.17) is 0 Å². The van der Waals surface area contributed by atoms with Crippen molar-refractivity contribution in [2.24, 2.45) is 0 Å². The number of carbonyl (C=O) groups excluding carboxylic acids is 1. The molecule has 3 aromatic carbocycles. The van der Waals surface area contributed by atoms with Gasteiger partial charge in [-0.05, 0) is 33.7 Å². The molecule has 0 bridgehead atoms. The van der Waals surface area contributed by atoms with Crippen LogP contribution in [0.5, 0.6) is 0 Å². The van der Waals surface area contributed by atoms with E-state index in [0.717, 1.165) is 16.8 Å². The fourth-order valence-electron chi connectivity index (χ4n) is 2.98. The molecule has 0 aliphatic heterocycles. The Hall–Kier alpha value is -3.45. The molecular weight excluding hydrogens is 382 g/mol. The largest absolute Gasteiger partial charge is 0.344 e. The molecule has 1 amide bonds. The van der Waals surface area contributed by atoms with Crippen molar-refractivity contribution in [3.05, 3.63) is 102 Å². The molecule has 144 valence electrons. The van der Waals surface area contributed by atoms with E-state index in [-0.39, 0.29) is 17.7 Å². The summed E-state index contributed by atoms with van der Waals surface area (Å²) in [6.45, 7) is 0. The SMILES string of the molecule is O=C(CSc1nnnn1-c1ccccc1)NC(c1ccccc1)c1ccccc1. The van der Waals surface area contributed by atoms with Crippen LogP contribution in [0.4, 0.5) is 0 Å². The van der Waals surface area contributed by atoms with Gasteiger partial charge in [-0.1, -0.05) is 90.6 Å². The summed E-state index contributed by atoms with van der Waals surface area (Å²) in [4.78, 5) is 12.7. The summed E-state index contributed by atoms with van der Waals surface area (Å²) in [5.74, 6) is 0.124. The highest BCUT2D eigenvalue weighted by Crippen LogP contribution is 2.23. The lowest BCUT2D eigenvalue weighted by molar-refractivity contribution is -0.119. The molecular formula is C22H19N5OS. The minimum absolute atomic E-state index is 0.0877. The van der Waals surface area contributed by atoms with Gasteiger partial charge in [-0.3, -0.25) is 4.79 Å². The first kappa shape index (κ1) is 18.9. The van der Waals surface area contributed by atoms with Crippen molar-refractivity contribution in [1.82, 2.24) is 25.5 Å². The zero-order valence-electron chi connectivity index (χ0n) is 15.6. The number of tetrazole rings is 1. The van der Waals surface area contributed by atoms with Gasteiger partial charge in [-0.2, -0.15) is 4.68 Å². The van der Waals surface area contributed by atoms with E-state index in [9.17, 15) is 4.79 Å². The third kappa shape index (κ3) is 4.70. The predicted octanol–water partition coefficient (Wildman–Crippen LogP) is 3.66. The maximum Gasteiger partial charge on any atom is 0.231 e. The van der Waals surface area contributed by atoms with Crippen LogP contribution in [0, 0.1) is 0 Å². The van der Waals surface area contributed by atoms with Crippen LogP contribution < -0.4 is 5.32 Å². The van der Waals surface area contributed by atoms with Gasteiger partial charge in [0.25, 0.3) is 0 Å². The van der Waals surface area contributed by atoms with Gasteiger partial charge in [0.15, 0.2) is 0 Å². The van der Waals surface area contributed by atoms with Gasteiger partial charge in [0.2, 0.25) is 11.1 Å². The van der Waals surface area contributed by atoms with Crippen LogP contribution in [-0.4, -0.2) is 31.9 Å². The first-order chi connectivity index (χ1) is 14.3. The average Bonchev–Trinajstić information content (AvgIpc) is 3.26. The summed E-state index contributed by atoms with van der Waals surface area (Å²) in [7, 11) is 0. The second-order valence-corrected chi connectivity index (χ2v) is 7.26. The van der Waals surface area contributed by atoms with Crippen LogP contribution in [-0.2, 0) is 4.79 Å². The summed E-state index contributed by atoms with van der Waals surface area (Å²) in [6.07, 6.45) is 0. The van der Waals surface area contributed by atoms with Crippen molar-refractivity contribution in [1.29, 1.82) is 0 Å². The minimum atomic E-state index is -0.212. The molecule has 0 atom stereocenters. The topological polar surface area (TPSA) is 72.7 Å². The van der Waals surface area contributed by atoms with Crippen LogP contribution in [0.3, 0.4) is 0 Å². The number of hydrogen-bond donors (Lipinski definition) is 1. The van der Waals surface area contributed by atoms with E-state index >= 15 is 0 Å². The molecule has 1 N–H and O–H groups in total.